The highest BCUT2D eigenvalue weighted by Gasteiger charge is 2.43. The Morgan fingerprint density at radius 3 is 2.08 bits per heavy atom. The molecule has 2 aromatic carbocycles. The van der Waals surface area contributed by atoms with Crippen LogP contribution in [0, 0.1) is 29.6 Å². The fourth-order valence-electron chi connectivity index (χ4n) is 9.13. The van der Waals surface area contributed by atoms with Gasteiger partial charge in [0.2, 0.25) is 17.7 Å². The van der Waals surface area contributed by atoms with Gasteiger partial charge in [-0.05, 0) is 67.3 Å². The summed E-state index contributed by atoms with van der Waals surface area (Å²) in [7, 11) is 8.07. The molecule has 3 N–H and O–H groups in total. The zero-order valence-corrected chi connectivity index (χ0v) is 38.9. The number of hydrogen-bond acceptors (Lipinski definition) is 10. The molecule has 340 valence electrons. The summed E-state index contributed by atoms with van der Waals surface area (Å²) in [6.45, 7) is 14.7. The van der Waals surface area contributed by atoms with E-state index in [1.807, 2.05) is 108 Å². The molecule has 1 heterocycles. The minimum absolute atomic E-state index is 0.00278. The second-order valence-corrected chi connectivity index (χ2v) is 17.7. The van der Waals surface area contributed by atoms with Crippen LogP contribution in [-0.2, 0) is 51.1 Å². The number of Topliss-reactive ketones (excluding diaryl/α,β-unsaturated/α-hetero) is 1. The van der Waals surface area contributed by atoms with Crippen LogP contribution >= 0.6 is 0 Å². The molecule has 9 atom stereocenters. The largest absolute Gasteiger partial charge is 0.469 e. The molecular weight excluding hydrogens is 775 g/mol. The third-order valence-corrected chi connectivity index (χ3v) is 12.6. The molecule has 1 aliphatic heterocycles. The lowest BCUT2D eigenvalue weighted by Gasteiger charge is -2.41. The number of hydrogen-bond donors (Lipinski definition) is 2. The van der Waals surface area contributed by atoms with E-state index in [1.165, 1.54) is 7.11 Å². The van der Waals surface area contributed by atoms with Crippen LogP contribution < -0.4 is 11.1 Å². The van der Waals surface area contributed by atoms with Gasteiger partial charge in [0.1, 0.15) is 11.8 Å². The van der Waals surface area contributed by atoms with Gasteiger partial charge in [0, 0.05) is 52.4 Å². The van der Waals surface area contributed by atoms with Gasteiger partial charge < -0.3 is 35.1 Å². The van der Waals surface area contributed by atoms with Gasteiger partial charge in [-0.15, -0.1) is 0 Å². The maximum Gasteiger partial charge on any atom is 0.309 e. The van der Waals surface area contributed by atoms with E-state index in [1.54, 1.807) is 38.0 Å². The molecule has 1 aliphatic rings. The summed E-state index contributed by atoms with van der Waals surface area (Å²) < 4.78 is 17.2. The van der Waals surface area contributed by atoms with Crippen molar-refractivity contribution in [2.45, 2.75) is 130 Å². The molecule has 1 saturated heterocycles. The molecule has 0 saturated carbocycles. The lowest BCUT2D eigenvalue weighted by Crippen LogP contribution is -2.60. The van der Waals surface area contributed by atoms with Crippen molar-refractivity contribution in [2.75, 3.05) is 47.7 Å². The normalized spacial score (nSPS) is 18.2. The lowest BCUT2D eigenvalue weighted by atomic mass is 9.85. The molecule has 0 aliphatic carbocycles. The van der Waals surface area contributed by atoms with E-state index in [9.17, 15) is 24.0 Å². The van der Waals surface area contributed by atoms with Crippen LogP contribution in [0.25, 0.3) is 0 Å². The Morgan fingerprint density at radius 1 is 0.869 bits per heavy atom. The number of nitrogens with zero attached hydrogens (tertiary/aromatic N) is 3. The average molecular weight is 850 g/mol. The Morgan fingerprint density at radius 2 is 1.52 bits per heavy atom. The lowest BCUT2D eigenvalue weighted by molar-refractivity contribution is -0.149. The van der Waals surface area contributed by atoms with Crippen LogP contribution in [0.15, 0.2) is 54.6 Å². The SMILES string of the molecule is CC[C@H](C)[C@@H]([C@@H](CC(=O)N1CCC[C@H]1[C@H](OC)[C@@H](C)C(=O)C[C@@H](Cc1ccccc1)C(=O)OC)OC)N(C)C(=O)[C@@H](NC(=O)C(C(C)C)N(C)Cc1cccc(N)c1)C(C)C. The van der Waals surface area contributed by atoms with Crippen molar-refractivity contribution < 1.29 is 38.2 Å². The van der Waals surface area contributed by atoms with E-state index in [4.69, 9.17) is 19.9 Å². The number of benzene rings is 2. The number of amides is 3. The number of methoxy groups -OCH3 is 3. The topological polar surface area (TPSA) is 161 Å². The van der Waals surface area contributed by atoms with Gasteiger partial charge in [0.25, 0.3) is 0 Å². The molecule has 13 nitrogen and oxygen atoms in total. The van der Waals surface area contributed by atoms with Crippen molar-refractivity contribution in [1.82, 2.24) is 20.0 Å². The molecule has 13 heteroatoms. The van der Waals surface area contributed by atoms with Crippen molar-refractivity contribution in [3.8, 4) is 0 Å². The van der Waals surface area contributed by atoms with Crippen LogP contribution in [0.2, 0.25) is 0 Å². The van der Waals surface area contributed by atoms with Gasteiger partial charge in [-0.2, -0.15) is 0 Å². The van der Waals surface area contributed by atoms with Crippen LogP contribution in [0.3, 0.4) is 0 Å². The van der Waals surface area contributed by atoms with Crippen molar-refractivity contribution in [2.24, 2.45) is 29.6 Å². The quantitative estimate of drug-likeness (QED) is 0.0980. The first-order chi connectivity index (χ1) is 28.9. The summed E-state index contributed by atoms with van der Waals surface area (Å²) in [6.07, 6.45) is 1.21. The van der Waals surface area contributed by atoms with Crippen LogP contribution in [0.5, 0.6) is 0 Å². The second-order valence-electron chi connectivity index (χ2n) is 17.7. The van der Waals surface area contributed by atoms with Crippen LogP contribution in [-0.4, -0.2) is 123 Å². The fraction of sp³-hybridized carbons (Fsp3) is 0.646. The second kappa shape index (κ2) is 24.3. The summed E-state index contributed by atoms with van der Waals surface area (Å²) in [5.41, 5.74) is 8.60. The number of nitrogens with one attached hydrogen (secondary N) is 1. The predicted molar refractivity (Wildman–Crippen MR) is 239 cm³/mol. The molecule has 0 spiro atoms. The number of likely N-dealkylation sites (N-methyl/N-ethyl adjacent to an activating group) is 2. The zero-order valence-electron chi connectivity index (χ0n) is 38.9. The molecule has 0 radical (unpaired) electrons. The van der Waals surface area contributed by atoms with E-state index in [-0.39, 0.29) is 60.1 Å². The van der Waals surface area contributed by atoms with Gasteiger partial charge in [-0.1, -0.05) is 97.4 Å². The van der Waals surface area contributed by atoms with Gasteiger partial charge in [0.15, 0.2) is 0 Å². The number of anilines is 1. The van der Waals surface area contributed by atoms with Crippen molar-refractivity contribution in [3.63, 3.8) is 0 Å². The fourth-order valence-corrected chi connectivity index (χ4v) is 9.13. The number of esters is 1. The molecule has 1 unspecified atom stereocenters. The first kappa shape index (κ1) is 51.0. The maximum atomic E-state index is 14.5. The Labute approximate surface area is 365 Å². The summed E-state index contributed by atoms with van der Waals surface area (Å²) >= 11 is 0. The standard InChI is InChI=1S/C48H75N5O8/c1-13-32(6)44(52(9)47(57)42(30(2)3)50-46(56)43(31(4)5)51(8)29-35-21-17-22-37(49)26-35)40(59-10)28-41(55)53-24-18-23-38(53)45(60-11)33(7)39(54)27-36(48(58)61-12)25-34-19-15-14-16-20-34/h14-17,19-22,26,30-33,36,38,40,42-45H,13,18,23-25,27-29,49H2,1-12H3,(H,50,56)/t32-,33-,36+,38-,40+,42-,43?,44-,45+/m0/s1. The van der Waals surface area contributed by atoms with E-state index in [2.05, 4.69) is 5.32 Å². The van der Waals surface area contributed by atoms with E-state index in [0.29, 0.717) is 38.0 Å². The number of nitrogens with two attached hydrogens (primary N) is 1. The van der Waals surface area contributed by atoms with Crippen molar-refractivity contribution in [3.05, 3.63) is 65.7 Å². The monoisotopic (exact) mass is 850 g/mol. The van der Waals surface area contributed by atoms with Gasteiger partial charge in [-0.3, -0.25) is 28.9 Å². The Hall–Kier alpha value is -4.33. The van der Waals surface area contributed by atoms with Gasteiger partial charge >= 0.3 is 5.97 Å². The summed E-state index contributed by atoms with van der Waals surface area (Å²) in [6, 6.07) is 14.9. The van der Waals surface area contributed by atoms with Crippen LogP contribution in [0.4, 0.5) is 5.69 Å². The molecule has 1 fully saturated rings. The van der Waals surface area contributed by atoms with E-state index >= 15 is 0 Å². The number of nitrogen functional groups attached to an aromatic ring is 1. The molecule has 0 bridgehead atoms. The number of carbonyl (C=O) groups is 5. The summed E-state index contributed by atoms with van der Waals surface area (Å²) in [5, 5.41) is 3.11. The average Bonchev–Trinajstić information content (AvgIpc) is 3.71. The molecule has 2 aromatic rings. The van der Waals surface area contributed by atoms with E-state index < -0.39 is 48.1 Å². The van der Waals surface area contributed by atoms with Crippen molar-refractivity contribution >= 4 is 35.2 Å². The minimum atomic E-state index is -0.824. The third kappa shape index (κ3) is 13.8. The highest BCUT2D eigenvalue weighted by Crippen LogP contribution is 2.31. The number of ketones is 1. The molecule has 0 aromatic heterocycles. The van der Waals surface area contributed by atoms with Crippen molar-refractivity contribution in [1.29, 1.82) is 0 Å². The molecule has 61 heavy (non-hydrogen) atoms. The highest BCUT2D eigenvalue weighted by molar-refractivity contribution is 5.90. The summed E-state index contributed by atoms with van der Waals surface area (Å²) in [5.74, 6) is -2.81. The van der Waals surface area contributed by atoms with Crippen LogP contribution in [0.1, 0.15) is 91.7 Å². The maximum absolute atomic E-state index is 14.5. The smallest absolute Gasteiger partial charge is 0.309 e. The molecule has 3 amide bonds. The van der Waals surface area contributed by atoms with E-state index in [0.717, 1.165) is 17.5 Å². The minimum Gasteiger partial charge on any atom is -0.469 e. The predicted octanol–water partition coefficient (Wildman–Crippen LogP) is 5.78. The van der Waals surface area contributed by atoms with Gasteiger partial charge in [0.05, 0.1) is 49.8 Å². The summed E-state index contributed by atoms with van der Waals surface area (Å²) in [4.78, 5) is 75.1. The number of rotatable bonds is 24. The first-order valence-corrected chi connectivity index (χ1v) is 22.0. The zero-order chi connectivity index (χ0) is 45.6. The Bertz CT molecular complexity index is 1720. The molecular formula is C48H75N5O8. The number of carbonyl (C=O) groups excluding carboxylic acids is 5. The molecule has 3 rings (SSSR count). The Kier molecular flexibility index (Phi) is 20.4. The van der Waals surface area contributed by atoms with Gasteiger partial charge in [-0.25, -0.2) is 0 Å². The number of ether oxygens (including phenoxy) is 3. The highest BCUT2D eigenvalue weighted by atomic mass is 16.5. The number of likely N-dealkylation sites (tertiary alicyclic amines) is 1. The third-order valence-electron chi connectivity index (χ3n) is 12.6. The first-order valence-electron chi connectivity index (χ1n) is 22.0. The Balaban J connectivity index is 1.79.